The Bertz CT molecular complexity index is 551. The van der Waals surface area contributed by atoms with E-state index >= 15 is 0 Å². The van der Waals surface area contributed by atoms with Gasteiger partial charge in [-0.25, -0.2) is 9.97 Å². The average Bonchev–Trinajstić information content (AvgIpc) is 3.15. The Balaban J connectivity index is 1.93. The lowest BCUT2D eigenvalue weighted by Gasteiger charge is -2.20. The summed E-state index contributed by atoms with van der Waals surface area (Å²) in [5.41, 5.74) is -0.836. The van der Waals surface area contributed by atoms with E-state index in [9.17, 15) is 10.1 Å². The topological polar surface area (TPSA) is 69.9 Å². The van der Waals surface area contributed by atoms with Gasteiger partial charge in [-0.05, 0) is 42.8 Å². The molecule has 92 valence electrons. The zero-order valence-electron chi connectivity index (χ0n) is 9.64. The van der Waals surface area contributed by atoms with E-state index in [0.29, 0.717) is 18.8 Å². The molecule has 1 aromatic heterocycles. The van der Waals surface area contributed by atoms with Gasteiger partial charge in [0, 0.05) is 12.7 Å². The van der Waals surface area contributed by atoms with E-state index in [1.54, 1.807) is 11.0 Å². The van der Waals surface area contributed by atoms with Crippen molar-refractivity contribution in [2.24, 2.45) is 11.3 Å². The number of amides is 1. The van der Waals surface area contributed by atoms with E-state index in [1.807, 2.05) is 0 Å². The summed E-state index contributed by atoms with van der Waals surface area (Å²) in [6, 6.07) is 3.88. The van der Waals surface area contributed by atoms with Crippen LogP contribution < -0.4 is 4.90 Å². The summed E-state index contributed by atoms with van der Waals surface area (Å²) in [6.45, 7) is 0.524. The SMILES string of the molecule is N#CC1(C2CC2)CCN(c2ccnc(Cl)n2)C1=O. The number of rotatable bonds is 2. The number of carbonyl (C=O) groups excluding carboxylic acids is 1. The second kappa shape index (κ2) is 3.92. The fraction of sp³-hybridized carbons (Fsp3) is 0.500. The van der Waals surface area contributed by atoms with Crippen LogP contribution in [0.2, 0.25) is 5.28 Å². The smallest absolute Gasteiger partial charge is 0.248 e. The number of hydrogen-bond donors (Lipinski definition) is 0. The highest BCUT2D eigenvalue weighted by molar-refractivity contribution is 6.28. The highest BCUT2D eigenvalue weighted by Gasteiger charge is 2.57. The summed E-state index contributed by atoms with van der Waals surface area (Å²) in [5, 5.41) is 9.47. The lowest BCUT2D eigenvalue weighted by Crippen LogP contribution is -2.35. The monoisotopic (exact) mass is 262 g/mol. The van der Waals surface area contributed by atoms with Gasteiger partial charge in [-0.3, -0.25) is 9.69 Å². The molecule has 1 aliphatic heterocycles. The van der Waals surface area contributed by atoms with Gasteiger partial charge in [0.2, 0.25) is 11.2 Å². The van der Waals surface area contributed by atoms with E-state index in [0.717, 1.165) is 12.8 Å². The molecule has 0 spiro atoms. The Kier molecular flexibility index (Phi) is 2.49. The van der Waals surface area contributed by atoms with Crippen molar-refractivity contribution in [3.8, 4) is 6.07 Å². The van der Waals surface area contributed by atoms with Crippen molar-refractivity contribution in [1.82, 2.24) is 9.97 Å². The number of halogens is 1. The largest absolute Gasteiger partial charge is 0.295 e. The fourth-order valence-corrected chi connectivity index (χ4v) is 2.73. The van der Waals surface area contributed by atoms with Crippen molar-refractivity contribution in [1.29, 1.82) is 5.26 Å². The molecular weight excluding hydrogens is 252 g/mol. The maximum atomic E-state index is 12.5. The van der Waals surface area contributed by atoms with Crippen molar-refractivity contribution in [3.05, 3.63) is 17.5 Å². The molecule has 6 heteroatoms. The summed E-state index contributed by atoms with van der Waals surface area (Å²) in [5.74, 6) is 0.567. The van der Waals surface area contributed by atoms with Crippen molar-refractivity contribution in [2.45, 2.75) is 19.3 Å². The van der Waals surface area contributed by atoms with Crippen molar-refractivity contribution in [3.63, 3.8) is 0 Å². The Morgan fingerprint density at radius 2 is 2.33 bits per heavy atom. The molecule has 5 nitrogen and oxygen atoms in total. The number of nitrogens with zero attached hydrogens (tertiary/aromatic N) is 4. The minimum absolute atomic E-state index is 0.112. The predicted octanol–water partition coefficient (Wildman–Crippen LogP) is 1.79. The number of aromatic nitrogens is 2. The molecule has 2 heterocycles. The number of carbonyl (C=O) groups is 1. The van der Waals surface area contributed by atoms with Crippen LogP contribution in [0.3, 0.4) is 0 Å². The Morgan fingerprint density at radius 3 is 2.94 bits per heavy atom. The van der Waals surface area contributed by atoms with Crippen molar-refractivity contribution in [2.75, 3.05) is 11.4 Å². The summed E-state index contributed by atoms with van der Waals surface area (Å²) < 4.78 is 0. The molecule has 1 amide bonds. The minimum Gasteiger partial charge on any atom is -0.295 e. The Labute approximate surface area is 109 Å². The first-order valence-electron chi connectivity index (χ1n) is 5.89. The fourth-order valence-electron chi connectivity index (χ4n) is 2.58. The molecule has 1 aliphatic carbocycles. The van der Waals surface area contributed by atoms with Crippen LogP contribution in [0.1, 0.15) is 19.3 Å². The quantitative estimate of drug-likeness (QED) is 0.762. The molecule has 0 N–H and O–H groups in total. The van der Waals surface area contributed by atoms with Crippen LogP contribution in [0, 0.1) is 22.7 Å². The van der Waals surface area contributed by atoms with Gasteiger partial charge < -0.3 is 0 Å². The van der Waals surface area contributed by atoms with Crippen LogP contribution in [-0.4, -0.2) is 22.4 Å². The molecule has 1 atom stereocenters. The van der Waals surface area contributed by atoms with Crippen molar-refractivity contribution < 1.29 is 4.79 Å². The first kappa shape index (κ1) is 11.4. The van der Waals surface area contributed by atoms with Gasteiger partial charge in [0.1, 0.15) is 11.2 Å². The second-order valence-corrected chi connectivity index (χ2v) is 5.09. The third-order valence-electron chi connectivity index (χ3n) is 3.72. The summed E-state index contributed by atoms with van der Waals surface area (Å²) in [6.07, 6.45) is 4.03. The predicted molar refractivity (Wildman–Crippen MR) is 64.8 cm³/mol. The summed E-state index contributed by atoms with van der Waals surface area (Å²) in [7, 11) is 0. The molecule has 0 radical (unpaired) electrons. The van der Waals surface area contributed by atoms with Gasteiger partial charge >= 0.3 is 0 Å². The third kappa shape index (κ3) is 1.57. The molecule has 0 aromatic carbocycles. The van der Waals surface area contributed by atoms with Crippen LogP contribution in [0.15, 0.2) is 12.3 Å². The number of nitriles is 1. The lowest BCUT2D eigenvalue weighted by atomic mass is 9.83. The van der Waals surface area contributed by atoms with Gasteiger partial charge in [0.25, 0.3) is 0 Å². The molecule has 2 aliphatic rings. The average molecular weight is 263 g/mol. The molecule has 2 fully saturated rings. The Hall–Kier alpha value is -1.67. The maximum Gasteiger partial charge on any atom is 0.248 e. The zero-order chi connectivity index (χ0) is 12.8. The van der Waals surface area contributed by atoms with Gasteiger partial charge in [-0.2, -0.15) is 5.26 Å². The van der Waals surface area contributed by atoms with Gasteiger partial charge in [-0.15, -0.1) is 0 Å². The maximum absolute atomic E-state index is 12.5. The van der Waals surface area contributed by atoms with Crippen molar-refractivity contribution >= 4 is 23.3 Å². The van der Waals surface area contributed by atoms with E-state index in [2.05, 4.69) is 16.0 Å². The van der Waals surface area contributed by atoms with Crippen LogP contribution in [0.4, 0.5) is 5.82 Å². The summed E-state index contributed by atoms with van der Waals surface area (Å²) >= 11 is 5.73. The number of anilines is 1. The number of hydrogen-bond acceptors (Lipinski definition) is 4. The first-order valence-corrected chi connectivity index (χ1v) is 6.27. The normalized spacial score (nSPS) is 27.3. The minimum atomic E-state index is -0.836. The molecule has 18 heavy (non-hydrogen) atoms. The molecule has 1 unspecified atom stereocenters. The van der Waals surface area contributed by atoms with E-state index < -0.39 is 5.41 Å². The van der Waals surface area contributed by atoms with E-state index in [4.69, 9.17) is 11.6 Å². The van der Waals surface area contributed by atoms with Gasteiger partial charge in [0.15, 0.2) is 0 Å². The first-order chi connectivity index (χ1) is 8.67. The van der Waals surface area contributed by atoms with Crippen LogP contribution >= 0.6 is 11.6 Å². The third-order valence-corrected chi connectivity index (χ3v) is 3.90. The molecular formula is C12H11ClN4O. The highest BCUT2D eigenvalue weighted by Crippen LogP contribution is 2.51. The molecule has 3 rings (SSSR count). The molecule has 1 saturated carbocycles. The lowest BCUT2D eigenvalue weighted by molar-refractivity contribution is -0.123. The van der Waals surface area contributed by atoms with Crippen LogP contribution in [0.25, 0.3) is 0 Å². The molecule has 1 aromatic rings. The van der Waals surface area contributed by atoms with Gasteiger partial charge in [-0.1, -0.05) is 0 Å². The summed E-state index contributed by atoms with van der Waals surface area (Å²) in [4.78, 5) is 21.8. The standard InChI is InChI=1S/C12H11ClN4O/c13-11-15-5-3-9(16-11)17-6-4-12(7-14,10(17)18)8-1-2-8/h3,5,8H,1-2,4,6H2. The van der Waals surface area contributed by atoms with Crippen LogP contribution in [-0.2, 0) is 4.79 Å². The zero-order valence-corrected chi connectivity index (χ0v) is 10.4. The van der Waals surface area contributed by atoms with Crippen LogP contribution in [0.5, 0.6) is 0 Å². The van der Waals surface area contributed by atoms with E-state index in [-0.39, 0.29) is 17.1 Å². The van der Waals surface area contributed by atoms with E-state index in [1.165, 1.54) is 6.20 Å². The molecule has 0 bridgehead atoms. The molecule has 1 saturated heterocycles. The highest BCUT2D eigenvalue weighted by atomic mass is 35.5. The Morgan fingerprint density at radius 1 is 1.56 bits per heavy atom. The second-order valence-electron chi connectivity index (χ2n) is 4.75. The van der Waals surface area contributed by atoms with Gasteiger partial charge in [0.05, 0.1) is 6.07 Å².